The lowest BCUT2D eigenvalue weighted by Gasteiger charge is -2.36. The first kappa shape index (κ1) is 18.0. The molecule has 3 aliphatic rings. The summed E-state index contributed by atoms with van der Waals surface area (Å²) in [6.07, 6.45) is 4.73. The third-order valence-electron chi connectivity index (χ3n) is 6.40. The molecule has 0 aromatic heterocycles. The normalized spacial score (nSPS) is 26.0. The van der Waals surface area contributed by atoms with E-state index >= 15 is 0 Å². The van der Waals surface area contributed by atoms with Crippen molar-refractivity contribution < 1.29 is 14.6 Å². The molecule has 142 valence electrons. The number of ether oxygens (including phenoxy) is 1. The van der Waals surface area contributed by atoms with Gasteiger partial charge in [-0.2, -0.15) is 0 Å². The highest BCUT2D eigenvalue weighted by molar-refractivity contribution is 5.83. The monoisotopic (exact) mass is 358 g/mol. The average Bonchev–Trinajstić information content (AvgIpc) is 3.45. The van der Waals surface area contributed by atoms with Crippen LogP contribution in [-0.2, 0) is 22.6 Å². The van der Waals surface area contributed by atoms with Gasteiger partial charge >= 0.3 is 0 Å². The second-order valence-electron chi connectivity index (χ2n) is 8.17. The molecular weight excluding hydrogens is 328 g/mol. The minimum absolute atomic E-state index is 0.200. The maximum absolute atomic E-state index is 13.1. The van der Waals surface area contributed by atoms with Gasteiger partial charge in [-0.25, -0.2) is 0 Å². The van der Waals surface area contributed by atoms with E-state index in [2.05, 4.69) is 28.4 Å². The number of β-amino-alcohol motifs (C(OH)–C–C–N with tert-alkyl or cyclic N) is 1. The molecule has 0 bridgehead atoms. The summed E-state index contributed by atoms with van der Waals surface area (Å²) in [4.78, 5) is 15.4. The van der Waals surface area contributed by atoms with Gasteiger partial charge in [0.15, 0.2) is 0 Å². The second kappa shape index (κ2) is 7.67. The number of nitrogens with one attached hydrogen (secondary N) is 1. The lowest BCUT2D eigenvalue weighted by atomic mass is 9.74. The maximum atomic E-state index is 13.1. The minimum Gasteiger partial charge on any atom is -0.392 e. The van der Waals surface area contributed by atoms with Crippen LogP contribution in [0.1, 0.15) is 43.2 Å². The quantitative estimate of drug-likeness (QED) is 0.817. The molecule has 4 rings (SSSR count). The number of amides is 1. The molecule has 2 aliphatic heterocycles. The first-order valence-corrected chi connectivity index (χ1v) is 10.0. The van der Waals surface area contributed by atoms with E-state index in [1.54, 1.807) is 0 Å². The molecule has 1 aromatic rings. The first-order chi connectivity index (χ1) is 12.7. The van der Waals surface area contributed by atoms with Crippen LogP contribution in [0.4, 0.5) is 0 Å². The Balaban J connectivity index is 1.40. The van der Waals surface area contributed by atoms with Crippen molar-refractivity contribution >= 4 is 5.91 Å². The number of hydrogen-bond acceptors (Lipinski definition) is 4. The fourth-order valence-electron chi connectivity index (χ4n) is 4.62. The molecule has 1 amide bonds. The smallest absolute Gasteiger partial charge is 0.226 e. The molecule has 2 heterocycles. The van der Waals surface area contributed by atoms with Gasteiger partial charge in [0, 0.05) is 39.4 Å². The molecule has 26 heavy (non-hydrogen) atoms. The number of benzene rings is 1. The van der Waals surface area contributed by atoms with E-state index < -0.39 is 0 Å². The molecule has 1 atom stereocenters. The highest BCUT2D eigenvalue weighted by Crippen LogP contribution is 2.51. The number of carbonyl (C=O) groups excluding carboxylic acids is 1. The summed E-state index contributed by atoms with van der Waals surface area (Å²) in [5, 5.41) is 13.0. The molecule has 3 fully saturated rings. The highest BCUT2D eigenvalue weighted by atomic mass is 16.5. The van der Waals surface area contributed by atoms with Crippen LogP contribution in [0.25, 0.3) is 0 Å². The molecule has 2 N–H and O–H groups in total. The fourth-order valence-corrected chi connectivity index (χ4v) is 4.62. The van der Waals surface area contributed by atoms with E-state index in [1.807, 2.05) is 6.07 Å². The van der Waals surface area contributed by atoms with Crippen molar-refractivity contribution in [2.24, 2.45) is 11.3 Å². The Hall–Kier alpha value is -1.43. The summed E-state index contributed by atoms with van der Waals surface area (Å²) < 4.78 is 5.51. The number of nitrogens with zero attached hydrogens (tertiary/aromatic N) is 1. The topological polar surface area (TPSA) is 61.8 Å². The summed E-state index contributed by atoms with van der Waals surface area (Å²) in [7, 11) is 0. The summed E-state index contributed by atoms with van der Waals surface area (Å²) in [6.45, 7) is 4.51. The highest BCUT2D eigenvalue weighted by Gasteiger charge is 2.51. The molecule has 1 saturated carbocycles. The van der Waals surface area contributed by atoms with Crippen LogP contribution in [0, 0.1) is 11.3 Å². The molecular formula is C21H30N2O3. The van der Waals surface area contributed by atoms with Crippen LogP contribution in [-0.4, -0.2) is 48.3 Å². The lowest BCUT2D eigenvalue weighted by molar-refractivity contribution is -0.138. The van der Waals surface area contributed by atoms with Gasteiger partial charge in [-0.05, 0) is 49.1 Å². The van der Waals surface area contributed by atoms with E-state index in [0.29, 0.717) is 25.7 Å². The van der Waals surface area contributed by atoms with Gasteiger partial charge in [0.25, 0.3) is 0 Å². The van der Waals surface area contributed by atoms with Crippen molar-refractivity contribution in [3.63, 3.8) is 0 Å². The Labute approximate surface area is 155 Å². The molecule has 1 aliphatic carbocycles. The molecule has 0 spiro atoms. The van der Waals surface area contributed by atoms with E-state index in [4.69, 9.17) is 4.74 Å². The van der Waals surface area contributed by atoms with Crippen molar-refractivity contribution in [1.82, 2.24) is 10.2 Å². The summed E-state index contributed by atoms with van der Waals surface area (Å²) in [5.41, 5.74) is 2.22. The van der Waals surface area contributed by atoms with E-state index in [1.165, 1.54) is 24.0 Å². The zero-order valence-electron chi connectivity index (χ0n) is 15.5. The van der Waals surface area contributed by atoms with Crippen LogP contribution in [0.3, 0.4) is 0 Å². The Bertz CT molecular complexity index is 638. The van der Waals surface area contributed by atoms with E-state index in [0.717, 1.165) is 38.9 Å². The van der Waals surface area contributed by atoms with Gasteiger partial charge < -0.3 is 15.2 Å². The standard InChI is InChI=1S/C21H30N2O3/c24-19-7-10-23(15-19)14-17-4-2-1-3-16(17)13-22-20(25)21(18-5-6-18)8-11-26-12-9-21/h1-4,18-19,24H,5-15H2,(H,22,25). The molecule has 1 unspecified atom stereocenters. The van der Waals surface area contributed by atoms with Gasteiger partial charge in [0.05, 0.1) is 11.5 Å². The summed E-state index contributed by atoms with van der Waals surface area (Å²) in [6, 6.07) is 8.33. The van der Waals surface area contributed by atoms with Crippen molar-refractivity contribution in [2.75, 3.05) is 26.3 Å². The van der Waals surface area contributed by atoms with Crippen molar-refractivity contribution in [3.05, 3.63) is 35.4 Å². The minimum atomic E-state index is -0.202. The Morgan fingerprint density at radius 1 is 1.19 bits per heavy atom. The van der Waals surface area contributed by atoms with Crippen molar-refractivity contribution in [2.45, 2.75) is 51.3 Å². The third kappa shape index (κ3) is 3.80. The van der Waals surface area contributed by atoms with Crippen LogP contribution in [0.15, 0.2) is 24.3 Å². The largest absolute Gasteiger partial charge is 0.392 e. The van der Waals surface area contributed by atoms with Crippen molar-refractivity contribution in [3.8, 4) is 0 Å². The lowest BCUT2D eigenvalue weighted by Crippen LogP contribution is -2.46. The second-order valence-corrected chi connectivity index (χ2v) is 8.17. The van der Waals surface area contributed by atoms with Crippen LogP contribution < -0.4 is 5.32 Å². The predicted octanol–water partition coefficient (Wildman–Crippen LogP) is 2.08. The fraction of sp³-hybridized carbons (Fsp3) is 0.667. The zero-order valence-corrected chi connectivity index (χ0v) is 15.5. The number of aliphatic hydroxyl groups excluding tert-OH is 1. The number of rotatable bonds is 6. The Morgan fingerprint density at radius 3 is 2.58 bits per heavy atom. The van der Waals surface area contributed by atoms with E-state index in [9.17, 15) is 9.90 Å². The van der Waals surface area contributed by atoms with Gasteiger partial charge in [-0.1, -0.05) is 24.3 Å². The van der Waals surface area contributed by atoms with Crippen LogP contribution in [0.5, 0.6) is 0 Å². The number of aliphatic hydroxyl groups is 1. The Kier molecular flexibility index (Phi) is 5.30. The van der Waals surface area contributed by atoms with Crippen LogP contribution >= 0.6 is 0 Å². The maximum Gasteiger partial charge on any atom is 0.226 e. The van der Waals surface area contributed by atoms with Gasteiger partial charge in [-0.3, -0.25) is 9.69 Å². The van der Waals surface area contributed by atoms with Crippen molar-refractivity contribution in [1.29, 1.82) is 0 Å². The zero-order chi connectivity index (χ0) is 18.0. The molecule has 5 nitrogen and oxygen atoms in total. The number of carbonyl (C=O) groups is 1. The SMILES string of the molecule is O=C(NCc1ccccc1CN1CCC(O)C1)C1(C2CC2)CCOCC1. The summed E-state index contributed by atoms with van der Waals surface area (Å²) >= 11 is 0. The first-order valence-electron chi connectivity index (χ1n) is 10.0. The Morgan fingerprint density at radius 2 is 1.92 bits per heavy atom. The number of hydrogen-bond donors (Lipinski definition) is 2. The third-order valence-corrected chi connectivity index (χ3v) is 6.40. The van der Waals surface area contributed by atoms with Gasteiger partial charge in [0.2, 0.25) is 5.91 Å². The molecule has 5 heteroatoms. The predicted molar refractivity (Wildman–Crippen MR) is 99.4 cm³/mol. The molecule has 2 saturated heterocycles. The van der Waals surface area contributed by atoms with Crippen LogP contribution in [0.2, 0.25) is 0 Å². The van der Waals surface area contributed by atoms with E-state index in [-0.39, 0.29) is 17.4 Å². The average molecular weight is 358 g/mol. The van der Waals surface area contributed by atoms with Gasteiger partial charge in [0.1, 0.15) is 0 Å². The summed E-state index contributed by atoms with van der Waals surface area (Å²) in [5.74, 6) is 0.766. The van der Waals surface area contributed by atoms with Gasteiger partial charge in [-0.15, -0.1) is 0 Å². The molecule has 1 aromatic carbocycles. The number of likely N-dealkylation sites (tertiary alicyclic amines) is 1. The molecule has 0 radical (unpaired) electrons.